The molecule has 0 atom stereocenters. The number of carbonyl (C=O) groups is 1. The van der Waals surface area contributed by atoms with Crippen molar-refractivity contribution in [2.45, 2.75) is 6.92 Å². The zero-order valence-corrected chi connectivity index (χ0v) is 14.6. The highest BCUT2D eigenvalue weighted by Crippen LogP contribution is 2.27. The van der Waals surface area contributed by atoms with E-state index in [1.807, 2.05) is 0 Å². The molecule has 2 rings (SSSR count). The number of amides is 1. The van der Waals surface area contributed by atoms with Crippen molar-refractivity contribution in [3.05, 3.63) is 54.3 Å². The SMILES string of the molecule is Cc1cc(Cl)nc(Cl)c1NC(=O)c1cc(Cl)ccc1I. The van der Waals surface area contributed by atoms with Gasteiger partial charge in [-0.2, -0.15) is 0 Å². The predicted molar refractivity (Wildman–Crippen MR) is 91.1 cm³/mol. The third-order valence-corrected chi connectivity index (χ3v) is 4.20. The van der Waals surface area contributed by atoms with E-state index in [4.69, 9.17) is 34.8 Å². The second-order valence-corrected chi connectivity index (χ2v) is 6.35. The van der Waals surface area contributed by atoms with Gasteiger partial charge in [-0.15, -0.1) is 0 Å². The Hall–Kier alpha value is -0.560. The average Bonchev–Trinajstić information content (AvgIpc) is 2.36. The Morgan fingerprint density at radius 3 is 2.60 bits per heavy atom. The molecule has 0 saturated heterocycles. The lowest BCUT2D eigenvalue weighted by molar-refractivity contribution is 0.102. The maximum absolute atomic E-state index is 12.3. The van der Waals surface area contributed by atoms with Gasteiger partial charge in [0.25, 0.3) is 5.91 Å². The number of halogens is 4. The van der Waals surface area contributed by atoms with Gasteiger partial charge in [-0.3, -0.25) is 4.79 Å². The Kier molecular flexibility index (Phi) is 5.12. The fourth-order valence-corrected chi connectivity index (χ4v) is 2.93. The van der Waals surface area contributed by atoms with Gasteiger partial charge in [0.2, 0.25) is 0 Å². The smallest absolute Gasteiger partial charge is 0.256 e. The molecule has 1 N–H and O–H groups in total. The van der Waals surface area contributed by atoms with E-state index in [-0.39, 0.29) is 16.2 Å². The van der Waals surface area contributed by atoms with Crippen LogP contribution in [-0.4, -0.2) is 10.9 Å². The first kappa shape index (κ1) is 15.8. The number of hydrogen-bond acceptors (Lipinski definition) is 2. The van der Waals surface area contributed by atoms with E-state index in [0.717, 1.165) is 9.13 Å². The highest BCUT2D eigenvalue weighted by atomic mass is 127. The number of carbonyl (C=O) groups excluding carboxylic acids is 1. The highest BCUT2D eigenvalue weighted by molar-refractivity contribution is 14.1. The Balaban J connectivity index is 2.35. The molecule has 0 saturated carbocycles. The third kappa shape index (κ3) is 3.55. The monoisotopic (exact) mass is 440 g/mol. The fourth-order valence-electron chi connectivity index (χ4n) is 1.60. The zero-order valence-electron chi connectivity index (χ0n) is 10.2. The summed E-state index contributed by atoms with van der Waals surface area (Å²) < 4.78 is 0.792. The maximum atomic E-state index is 12.3. The number of aryl methyl sites for hydroxylation is 1. The summed E-state index contributed by atoms with van der Waals surface area (Å²) in [5, 5.41) is 3.66. The number of anilines is 1. The largest absolute Gasteiger partial charge is 0.319 e. The molecule has 0 radical (unpaired) electrons. The molecule has 0 unspecified atom stereocenters. The molecular formula is C13H8Cl3IN2O. The topological polar surface area (TPSA) is 42.0 Å². The molecule has 2 aromatic rings. The minimum Gasteiger partial charge on any atom is -0.319 e. The van der Waals surface area contributed by atoms with Gasteiger partial charge in [0, 0.05) is 8.59 Å². The lowest BCUT2D eigenvalue weighted by atomic mass is 10.2. The van der Waals surface area contributed by atoms with Crippen molar-refractivity contribution in [1.29, 1.82) is 0 Å². The fraction of sp³-hybridized carbons (Fsp3) is 0.0769. The summed E-state index contributed by atoms with van der Waals surface area (Å²) in [5.41, 5.74) is 1.65. The number of nitrogens with one attached hydrogen (secondary N) is 1. The minimum absolute atomic E-state index is 0.153. The van der Waals surface area contributed by atoms with Crippen LogP contribution >= 0.6 is 57.4 Å². The number of rotatable bonds is 2. The highest BCUT2D eigenvalue weighted by Gasteiger charge is 2.15. The number of benzene rings is 1. The second-order valence-electron chi connectivity index (χ2n) is 4.01. The molecule has 1 aromatic heterocycles. The summed E-state index contributed by atoms with van der Waals surface area (Å²) in [5.74, 6) is -0.300. The summed E-state index contributed by atoms with van der Waals surface area (Å²) >= 11 is 19.8. The van der Waals surface area contributed by atoms with Crippen molar-refractivity contribution in [2.24, 2.45) is 0 Å². The number of aromatic nitrogens is 1. The molecule has 7 heteroatoms. The summed E-state index contributed by atoms with van der Waals surface area (Å²) in [6.07, 6.45) is 0. The van der Waals surface area contributed by atoms with Crippen LogP contribution in [0, 0.1) is 10.5 Å². The molecule has 0 spiro atoms. The number of hydrogen-bond donors (Lipinski definition) is 1. The molecule has 0 aliphatic rings. The zero-order chi connectivity index (χ0) is 14.9. The summed E-state index contributed by atoms with van der Waals surface area (Å²) in [6.45, 7) is 1.79. The van der Waals surface area contributed by atoms with Crippen molar-refractivity contribution >= 4 is 69.0 Å². The lowest BCUT2D eigenvalue weighted by Gasteiger charge is -2.11. The molecule has 3 nitrogen and oxygen atoms in total. The van der Waals surface area contributed by atoms with Crippen LogP contribution in [0.15, 0.2) is 24.3 Å². The van der Waals surface area contributed by atoms with E-state index in [9.17, 15) is 4.79 Å². The van der Waals surface area contributed by atoms with Crippen LogP contribution in [0.4, 0.5) is 5.69 Å². The molecule has 0 fully saturated rings. The average molecular weight is 441 g/mol. The van der Waals surface area contributed by atoms with Crippen molar-refractivity contribution in [3.63, 3.8) is 0 Å². The summed E-state index contributed by atoms with van der Waals surface area (Å²) in [4.78, 5) is 16.2. The first-order valence-electron chi connectivity index (χ1n) is 5.47. The first-order valence-corrected chi connectivity index (χ1v) is 7.69. The third-order valence-electron chi connectivity index (χ3n) is 2.55. The molecule has 1 aromatic carbocycles. The molecule has 104 valence electrons. The molecule has 0 aliphatic heterocycles. The van der Waals surface area contributed by atoms with Crippen LogP contribution in [0.2, 0.25) is 15.3 Å². The van der Waals surface area contributed by atoms with E-state index in [2.05, 4.69) is 32.9 Å². The second kappa shape index (κ2) is 6.47. The minimum atomic E-state index is -0.300. The Morgan fingerprint density at radius 2 is 1.95 bits per heavy atom. The Morgan fingerprint density at radius 1 is 1.25 bits per heavy atom. The normalized spacial score (nSPS) is 10.4. The number of pyridine rings is 1. The molecule has 0 bridgehead atoms. The van der Waals surface area contributed by atoms with Crippen LogP contribution in [0.1, 0.15) is 15.9 Å². The summed E-state index contributed by atoms with van der Waals surface area (Å²) in [7, 11) is 0. The van der Waals surface area contributed by atoms with E-state index in [0.29, 0.717) is 16.3 Å². The van der Waals surface area contributed by atoms with Crippen LogP contribution in [-0.2, 0) is 0 Å². The van der Waals surface area contributed by atoms with Gasteiger partial charge >= 0.3 is 0 Å². The van der Waals surface area contributed by atoms with Gasteiger partial charge in [-0.1, -0.05) is 34.8 Å². The quantitative estimate of drug-likeness (QED) is 0.514. The van der Waals surface area contributed by atoms with Crippen LogP contribution < -0.4 is 5.32 Å². The van der Waals surface area contributed by atoms with Crippen molar-refractivity contribution in [2.75, 3.05) is 5.32 Å². The Labute approximate surface area is 144 Å². The van der Waals surface area contributed by atoms with Crippen LogP contribution in [0.5, 0.6) is 0 Å². The molecule has 1 amide bonds. The van der Waals surface area contributed by atoms with Crippen molar-refractivity contribution in [1.82, 2.24) is 4.98 Å². The Bertz CT molecular complexity index is 668. The van der Waals surface area contributed by atoms with Crippen molar-refractivity contribution < 1.29 is 4.79 Å². The van der Waals surface area contributed by atoms with Gasteiger partial charge in [0.05, 0.1) is 11.3 Å². The standard InChI is InChI=1S/C13H8Cl3IN2O/c1-6-4-10(15)18-12(16)11(6)19-13(20)8-5-7(14)2-3-9(8)17/h2-5H,1H3,(H,19,20). The molecule has 1 heterocycles. The van der Waals surface area contributed by atoms with Gasteiger partial charge in [0.15, 0.2) is 5.15 Å². The van der Waals surface area contributed by atoms with Gasteiger partial charge < -0.3 is 5.32 Å². The predicted octanol–water partition coefficient (Wildman–Crippen LogP) is 5.21. The van der Waals surface area contributed by atoms with E-state index < -0.39 is 0 Å². The molecule has 0 aliphatic carbocycles. The van der Waals surface area contributed by atoms with E-state index in [1.165, 1.54) is 0 Å². The maximum Gasteiger partial charge on any atom is 0.256 e. The van der Waals surface area contributed by atoms with Gasteiger partial charge in [-0.25, -0.2) is 4.98 Å². The van der Waals surface area contributed by atoms with Gasteiger partial charge in [-0.05, 0) is 59.3 Å². The first-order chi connectivity index (χ1) is 9.38. The van der Waals surface area contributed by atoms with E-state index >= 15 is 0 Å². The van der Waals surface area contributed by atoms with E-state index in [1.54, 1.807) is 31.2 Å². The molecule has 20 heavy (non-hydrogen) atoms. The van der Waals surface area contributed by atoms with Gasteiger partial charge in [0.1, 0.15) is 5.15 Å². The van der Waals surface area contributed by atoms with Crippen LogP contribution in [0.25, 0.3) is 0 Å². The number of nitrogens with zero attached hydrogens (tertiary/aromatic N) is 1. The van der Waals surface area contributed by atoms with Crippen LogP contribution in [0.3, 0.4) is 0 Å². The lowest BCUT2D eigenvalue weighted by Crippen LogP contribution is -2.15. The van der Waals surface area contributed by atoms with Crippen molar-refractivity contribution in [3.8, 4) is 0 Å². The molecular weight excluding hydrogens is 433 g/mol. The summed E-state index contributed by atoms with van der Waals surface area (Å²) in [6, 6.07) is 6.73.